The molecular weight excluding hydrogens is 368 g/mol. The summed E-state index contributed by atoms with van der Waals surface area (Å²) in [5.74, 6) is 0. The highest BCUT2D eigenvalue weighted by molar-refractivity contribution is 7.92. The van der Waals surface area contributed by atoms with Gasteiger partial charge in [0.05, 0.1) is 12.1 Å². The highest BCUT2D eigenvalue weighted by Crippen LogP contribution is 2.39. The Morgan fingerprint density at radius 2 is 1.69 bits per heavy atom. The summed E-state index contributed by atoms with van der Waals surface area (Å²) in [5.41, 5.74) is -0.560. The van der Waals surface area contributed by atoms with Crippen LogP contribution in [0.1, 0.15) is 60.8 Å². The van der Waals surface area contributed by atoms with Gasteiger partial charge in [-0.3, -0.25) is 4.78 Å². The summed E-state index contributed by atoms with van der Waals surface area (Å²) in [5, 5.41) is 2.79. The van der Waals surface area contributed by atoms with Gasteiger partial charge in [-0.15, -0.1) is 0 Å². The summed E-state index contributed by atoms with van der Waals surface area (Å²) in [4.78, 5) is 12.2. The molecule has 1 aliphatic carbocycles. The summed E-state index contributed by atoms with van der Waals surface area (Å²) in [6, 6.07) is -0.183. The quantitative estimate of drug-likeness (QED) is 0.673. The van der Waals surface area contributed by atoms with E-state index in [4.69, 9.17) is 13.9 Å². The molecule has 154 valence electrons. The van der Waals surface area contributed by atoms with Crippen molar-refractivity contribution < 1.29 is 18.2 Å². The van der Waals surface area contributed by atoms with E-state index in [-0.39, 0.29) is 22.4 Å². The maximum Gasteiger partial charge on any atom is 0.407 e. The van der Waals surface area contributed by atoms with E-state index in [1.807, 2.05) is 20.8 Å². The number of carbonyl (C=O) groups is 1. The number of ether oxygens (including phenoxy) is 1. The van der Waals surface area contributed by atoms with E-state index in [2.05, 4.69) is 39.2 Å². The smallest absolute Gasteiger partial charge is 0.407 e. The lowest BCUT2D eigenvalue weighted by Gasteiger charge is -2.44. The van der Waals surface area contributed by atoms with E-state index in [0.29, 0.717) is 19.3 Å². The molecule has 0 heterocycles. The van der Waals surface area contributed by atoms with Crippen molar-refractivity contribution in [1.82, 2.24) is 5.32 Å². The van der Waals surface area contributed by atoms with Gasteiger partial charge in [-0.25, -0.2) is 9.00 Å². The second-order valence-electron chi connectivity index (χ2n) is 10.0. The van der Waals surface area contributed by atoms with Crippen molar-refractivity contribution in [3.05, 3.63) is 0 Å². The van der Waals surface area contributed by atoms with Crippen LogP contribution >= 0.6 is 0 Å². The summed E-state index contributed by atoms with van der Waals surface area (Å²) in [6.45, 7) is 16.4. The van der Waals surface area contributed by atoms with Crippen LogP contribution in [-0.4, -0.2) is 47.9 Å². The molecular formula is C18H38N2O4SSi. The Hall–Kier alpha value is -0.603. The SMILES string of the molecule is CC(C)(C)OC(=O)N[C@@H]1CC[C@@H](S(C)(=N)=O)C[C@H]1O[Si](C)(C)C(C)(C)C. The monoisotopic (exact) mass is 406 g/mol. The van der Waals surface area contributed by atoms with Crippen molar-refractivity contribution >= 4 is 24.1 Å². The second-order valence-corrected chi connectivity index (χ2v) is 17.2. The fourth-order valence-electron chi connectivity index (χ4n) is 2.81. The molecule has 6 nitrogen and oxygen atoms in total. The van der Waals surface area contributed by atoms with E-state index < -0.39 is 29.7 Å². The number of hydrogen-bond donors (Lipinski definition) is 2. The minimum absolute atomic E-state index is 0.0327. The predicted molar refractivity (Wildman–Crippen MR) is 110 cm³/mol. The fraction of sp³-hybridized carbons (Fsp3) is 0.944. The van der Waals surface area contributed by atoms with E-state index >= 15 is 0 Å². The molecule has 0 aromatic rings. The maximum atomic E-state index is 12.3. The average Bonchev–Trinajstić information content (AvgIpc) is 2.35. The number of amides is 1. The minimum atomic E-state index is -2.64. The molecule has 1 saturated carbocycles. The zero-order valence-corrected chi connectivity index (χ0v) is 19.7. The first-order valence-corrected chi connectivity index (χ1v) is 14.3. The molecule has 0 aliphatic heterocycles. The van der Waals surface area contributed by atoms with Crippen molar-refractivity contribution in [2.75, 3.05) is 6.26 Å². The Bertz CT molecular complexity index is 606. The molecule has 4 atom stereocenters. The van der Waals surface area contributed by atoms with Crippen molar-refractivity contribution in [3.63, 3.8) is 0 Å². The average molecular weight is 407 g/mol. The third-order valence-electron chi connectivity index (χ3n) is 5.33. The topological polar surface area (TPSA) is 88.5 Å². The second kappa shape index (κ2) is 7.79. The van der Waals surface area contributed by atoms with Crippen LogP contribution in [0.5, 0.6) is 0 Å². The lowest BCUT2D eigenvalue weighted by Crippen LogP contribution is -2.55. The maximum absolute atomic E-state index is 12.3. The predicted octanol–water partition coefficient (Wildman–Crippen LogP) is 4.50. The van der Waals surface area contributed by atoms with Gasteiger partial charge in [-0.1, -0.05) is 20.8 Å². The molecule has 0 saturated heterocycles. The molecule has 8 heteroatoms. The van der Waals surface area contributed by atoms with Gasteiger partial charge in [0.1, 0.15) is 5.60 Å². The third kappa shape index (κ3) is 6.85. The van der Waals surface area contributed by atoms with Crippen molar-refractivity contribution in [2.24, 2.45) is 0 Å². The Morgan fingerprint density at radius 1 is 1.15 bits per heavy atom. The number of alkyl carbamates (subject to hydrolysis) is 1. The van der Waals surface area contributed by atoms with E-state index in [1.54, 1.807) is 0 Å². The van der Waals surface area contributed by atoms with Crippen LogP contribution in [0.4, 0.5) is 4.79 Å². The van der Waals surface area contributed by atoms with Crippen molar-refractivity contribution in [3.8, 4) is 0 Å². The number of carbonyl (C=O) groups excluding carboxylic acids is 1. The van der Waals surface area contributed by atoms with Crippen LogP contribution in [0.25, 0.3) is 0 Å². The number of hydrogen-bond acceptors (Lipinski definition) is 5. The zero-order valence-electron chi connectivity index (χ0n) is 17.9. The van der Waals surface area contributed by atoms with E-state index in [1.165, 1.54) is 6.26 Å². The van der Waals surface area contributed by atoms with Crippen molar-refractivity contribution in [1.29, 1.82) is 4.78 Å². The third-order valence-corrected chi connectivity index (χ3v) is 11.5. The Morgan fingerprint density at radius 3 is 2.12 bits per heavy atom. The largest absolute Gasteiger partial charge is 0.444 e. The Kier molecular flexibility index (Phi) is 7.02. The molecule has 1 aliphatic rings. The standard InChI is InChI=1S/C18H38N2O4SSi/c1-17(2,3)23-16(21)20-14-11-10-13(25(7,19)22)12-15(14)24-26(8,9)18(4,5)6/h13-15,19H,10-12H2,1-9H3,(H,20,21)/t13-,14-,15-,25?/m1/s1. The lowest BCUT2D eigenvalue weighted by atomic mass is 9.92. The Balaban J connectivity index is 2.98. The number of rotatable bonds is 4. The fourth-order valence-corrected chi connectivity index (χ4v) is 5.32. The molecule has 0 aromatic heterocycles. The van der Waals surface area contributed by atoms with Gasteiger partial charge < -0.3 is 14.5 Å². The van der Waals surface area contributed by atoms with E-state index in [0.717, 1.165) is 0 Å². The van der Waals surface area contributed by atoms with Gasteiger partial charge >= 0.3 is 6.09 Å². The van der Waals surface area contributed by atoms with Crippen LogP contribution < -0.4 is 5.32 Å². The lowest BCUT2D eigenvalue weighted by molar-refractivity contribution is 0.0386. The zero-order chi connectivity index (χ0) is 20.6. The molecule has 1 amide bonds. The molecule has 1 fully saturated rings. The molecule has 0 radical (unpaired) electrons. The highest BCUT2D eigenvalue weighted by Gasteiger charge is 2.44. The summed E-state index contributed by atoms with van der Waals surface area (Å²) < 4.78 is 32.2. The molecule has 1 rings (SSSR count). The molecule has 0 spiro atoms. The minimum Gasteiger partial charge on any atom is -0.444 e. The summed E-state index contributed by atoms with van der Waals surface area (Å²) in [6.07, 6.45) is 2.64. The normalized spacial score (nSPS) is 27.5. The first-order valence-electron chi connectivity index (χ1n) is 9.32. The molecule has 0 aromatic carbocycles. The van der Waals surface area contributed by atoms with Gasteiger partial charge in [-0.2, -0.15) is 0 Å². The van der Waals surface area contributed by atoms with Crippen LogP contribution in [0.15, 0.2) is 0 Å². The summed E-state index contributed by atoms with van der Waals surface area (Å²) >= 11 is 0. The Labute approximate surface area is 160 Å². The molecule has 26 heavy (non-hydrogen) atoms. The van der Waals surface area contributed by atoms with Crippen LogP contribution in [-0.2, 0) is 18.9 Å². The van der Waals surface area contributed by atoms with Gasteiger partial charge in [0.25, 0.3) is 0 Å². The van der Waals surface area contributed by atoms with Gasteiger partial charge in [0, 0.05) is 21.2 Å². The van der Waals surface area contributed by atoms with Gasteiger partial charge in [-0.05, 0) is 58.2 Å². The highest BCUT2D eigenvalue weighted by atomic mass is 32.2. The molecule has 0 bridgehead atoms. The first-order chi connectivity index (χ1) is 11.4. The molecule has 1 unspecified atom stereocenters. The van der Waals surface area contributed by atoms with Gasteiger partial charge in [0.15, 0.2) is 8.32 Å². The van der Waals surface area contributed by atoms with Crippen LogP contribution in [0.2, 0.25) is 18.1 Å². The number of nitrogens with one attached hydrogen (secondary N) is 2. The van der Waals surface area contributed by atoms with Crippen LogP contribution in [0, 0.1) is 4.78 Å². The van der Waals surface area contributed by atoms with Crippen LogP contribution in [0.3, 0.4) is 0 Å². The first kappa shape index (κ1) is 23.4. The van der Waals surface area contributed by atoms with Crippen molar-refractivity contribution in [2.45, 2.75) is 102 Å². The molecule has 2 N–H and O–H groups in total. The van der Waals surface area contributed by atoms with Gasteiger partial charge in [0.2, 0.25) is 0 Å². The summed E-state index contributed by atoms with van der Waals surface area (Å²) in [7, 11) is -4.71. The van der Waals surface area contributed by atoms with E-state index in [9.17, 15) is 9.00 Å².